The number of hydrogen-bond donors (Lipinski definition) is 2. The fourth-order valence-electron chi connectivity index (χ4n) is 1.72. The van der Waals surface area contributed by atoms with Gasteiger partial charge in [-0.05, 0) is 26.4 Å². The molecule has 88 valence electrons. The highest BCUT2D eigenvalue weighted by atomic mass is 35.5. The zero-order valence-corrected chi connectivity index (χ0v) is 10.4. The number of rotatable bonds is 4. The third-order valence-corrected chi connectivity index (χ3v) is 2.43. The summed E-state index contributed by atoms with van der Waals surface area (Å²) in [6, 6.07) is 0.648. The summed E-state index contributed by atoms with van der Waals surface area (Å²) in [6.07, 6.45) is 3.96. The predicted molar refractivity (Wildman–Crippen MR) is 64.7 cm³/mol. The zero-order valence-electron chi connectivity index (χ0n) is 8.74. The van der Waals surface area contributed by atoms with Crippen LogP contribution in [-0.4, -0.2) is 49.3 Å². The molecule has 0 aromatic carbocycles. The van der Waals surface area contributed by atoms with Gasteiger partial charge < -0.3 is 15.3 Å². The van der Waals surface area contributed by atoms with Crippen LogP contribution < -0.4 is 5.32 Å². The van der Waals surface area contributed by atoms with E-state index < -0.39 is 0 Å². The van der Waals surface area contributed by atoms with Crippen molar-refractivity contribution in [2.45, 2.75) is 25.3 Å². The highest BCUT2D eigenvalue weighted by Crippen LogP contribution is 2.07. The second-order valence-corrected chi connectivity index (χ2v) is 3.63. The van der Waals surface area contributed by atoms with E-state index in [0.29, 0.717) is 6.04 Å². The normalized spacial score (nSPS) is 21.2. The largest absolute Gasteiger partial charge is 0.395 e. The van der Waals surface area contributed by atoms with Gasteiger partial charge in [0, 0.05) is 19.1 Å². The van der Waals surface area contributed by atoms with Crippen molar-refractivity contribution in [2.75, 3.05) is 33.3 Å². The average molecular weight is 245 g/mol. The zero-order chi connectivity index (χ0) is 8.81. The van der Waals surface area contributed by atoms with E-state index in [1.165, 1.54) is 19.3 Å². The smallest absolute Gasteiger partial charge is 0.0558 e. The van der Waals surface area contributed by atoms with Crippen molar-refractivity contribution in [1.82, 2.24) is 10.2 Å². The number of aliphatic hydroxyl groups is 1. The summed E-state index contributed by atoms with van der Waals surface area (Å²) < 4.78 is 0. The van der Waals surface area contributed by atoms with E-state index in [9.17, 15) is 0 Å². The van der Waals surface area contributed by atoms with Crippen LogP contribution in [0.1, 0.15) is 19.3 Å². The Morgan fingerprint density at radius 1 is 1.36 bits per heavy atom. The van der Waals surface area contributed by atoms with Crippen LogP contribution >= 0.6 is 24.8 Å². The maximum absolute atomic E-state index is 8.70. The Kier molecular flexibility index (Phi) is 12.0. The Morgan fingerprint density at radius 3 is 2.57 bits per heavy atom. The molecular weight excluding hydrogens is 223 g/mol. The monoisotopic (exact) mass is 244 g/mol. The van der Waals surface area contributed by atoms with Crippen molar-refractivity contribution < 1.29 is 5.11 Å². The van der Waals surface area contributed by atoms with Crippen LogP contribution in [0.4, 0.5) is 0 Å². The van der Waals surface area contributed by atoms with Gasteiger partial charge in [0.2, 0.25) is 0 Å². The number of piperidine rings is 1. The second kappa shape index (κ2) is 9.99. The molecule has 1 aliphatic heterocycles. The van der Waals surface area contributed by atoms with E-state index in [1.54, 1.807) is 0 Å². The van der Waals surface area contributed by atoms with E-state index in [2.05, 4.69) is 17.3 Å². The summed E-state index contributed by atoms with van der Waals surface area (Å²) in [5, 5.41) is 12.2. The first-order valence-corrected chi connectivity index (χ1v) is 4.85. The lowest BCUT2D eigenvalue weighted by atomic mass is 10.0. The molecule has 0 bridgehead atoms. The van der Waals surface area contributed by atoms with E-state index in [1.807, 2.05) is 0 Å². The van der Waals surface area contributed by atoms with Crippen LogP contribution in [0.15, 0.2) is 0 Å². The van der Waals surface area contributed by atoms with Gasteiger partial charge in [-0.1, -0.05) is 6.42 Å². The van der Waals surface area contributed by atoms with Crippen molar-refractivity contribution in [3.8, 4) is 0 Å². The minimum Gasteiger partial charge on any atom is -0.395 e. The minimum absolute atomic E-state index is 0. The Bertz CT molecular complexity index is 121. The van der Waals surface area contributed by atoms with Crippen molar-refractivity contribution in [3.63, 3.8) is 0 Å². The summed E-state index contributed by atoms with van der Waals surface area (Å²) in [5.41, 5.74) is 0. The Balaban J connectivity index is 0. The van der Waals surface area contributed by atoms with Gasteiger partial charge in [0.1, 0.15) is 0 Å². The molecule has 1 unspecified atom stereocenters. The first-order chi connectivity index (χ1) is 5.83. The Morgan fingerprint density at radius 2 is 2.07 bits per heavy atom. The van der Waals surface area contributed by atoms with Gasteiger partial charge in [0.15, 0.2) is 0 Å². The minimum atomic E-state index is 0. The van der Waals surface area contributed by atoms with Crippen LogP contribution in [-0.2, 0) is 0 Å². The van der Waals surface area contributed by atoms with Gasteiger partial charge in [-0.3, -0.25) is 0 Å². The van der Waals surface area contributed by atoms with Crippen molar-refractivity contribution in [1.29, 1.82) is 0 Å². The number of hydrogen-bond acceptors (Lipinski definition) is 3. The summed E-state index contributed by atoms with van der Waals surface area (Å²) >= 11 is 0. The number of halogens is 2. The predicted octanol–water partition coefficient (Wildman–Crippen LogP) is 0.896. The number of aliphatic hydroxyl groups excluding tert-OH is 1. The third kappa shape index (κ3) is 6.85. The maximum atomic E-state index is 8.70. The van der Waals surface area contributed by atoms with Gasteiger partial charge in [0.25, 0.3) is 0 Å². The molecule has 0 spiro atoms. The molecule has 0 aromatic heterocycles. The van der Waals surface area contributed by atoms with Crippen LogP contribution in [0.25, 0.3) is 0 Å². The third-order valence-electron chi connectivity index (χ3n) is 2.43. The van der Waals surface area contributed by atoms with Crippen molar-refractivity contribution >= 4 is 24.8 Å². The van der Waals surface area contributed by atoms with Gasteiger partial charge in [-0.2, -0.15) is 0 Å². The summed E-state index contributed by atoms with van der Waals surface area (Å²) in [4.78, 5) is 2.18. The first-order valence-electron chi connectivity index (χ1n) is 4.85. The molecule has 1 atom stereocenters. The molecule has 0 aliphatic carbocycles. The number of nitrogens with one attached hydrogen (secondary N) is 1. The van der Waals surface area contributed by atoms with Crippen molar-refractivity contribution in [2.24, 2.45) is 0 Å². The van der Waals surface area contributed by atoms with Gasteiger partial charge >= 0.3 is 0 Å². The molecule has 1 rings (SSSR count). The molecule has 1 aliphatic rings. The second-order valence-electron chi connectivity index (χ2n) is 3.63. The van der Waals surface area contributed by atoms with E-state index in [0.717, 1.165) is 19.6 Å². The lowest BCUT2D eigenvalue weighted by molar-refractivity contribution is 0.200. The standard InChI is InChI=1S/C9H20N2O.2ClH/c1-11(6-7-12)8-9-4-2-3-5-10-9;;/h9-10,12H,2-8H2,1H3;2*1H. The molecule has 3 nitrogen and oxygen atoms in total. The lowest BCUT2D eigenvalue weighted by Crippen LogP contribution is -2.43. The molecule has 1 heterocycles. The highest BCUT2D eigenvalue weighted by molar-refractivity contribution is 5.85. The SMILES string of the molecule is CN(CCO)CC1CCCCN1.Cl.Cl. The summed E-state index contributed by atoms with van der Waals surface area (Å²) in [7, 11) is 2.06. The van der Waals surface area contributed by atoms with Gasteiger partial charge in [-0.25, -0.2) is 0 Å². The molecule has 0 saturated carbocycles. The molecule has 1 fully saturated rings. The molecule has 14 heavy (non-hydrogen) atoms. The van der Waals surface area contributed by atoms with Gasteiger partial charge in [0.05, 0.1) is 6.61 Å². The highest BCUT2D eigenvalue weighted by Gasteiger charge is 2.13. The molecule has 5 heteroatoms. The molecule has 0 amide bonds. The van der Waals surface area contributed by atoms with Crippen LogP contribution in [0.5, 0.6) is 0 Å². The van der Waals surface area contributed by atoms with E-state index in [4.69, 9.17) is 5.11 Å². The molecular formula is C9H22Cl2N2O. The Labute approximate surface area is 99.1 Å². The number of likely N-dealkylation sites (N-methyl/N-ethyl adjacent to an activating group) is 1. The molecule has 0 radical (unpaired) electrons. The van der Waals surface area contributed by atoms with E-state index >= 15 is 0 Å². The first kappa shape index (κ1) is 16.9. The van der Waals surface area contributed by atoms with Crippen LogP contribution in [0.3, 0.4) is 0 Å². The fourth-order valence-corrected chi connectivity index (χ4v) is 1.72. The summed E-state index contributed by atoms with van der Waals surface area (Å²) in [5.74, 6) is 0. The fraction of sp³-hybridized carbons (Fsp3) is 1.00. The van der Waals surface area contributed by atoms with Gasteiger partial charge in [-0.15, -0.1) is 24.8 Å². The summed E-state index contributed by atoms with van der Waals surface area (Å²) in [6.45, 7) is 3.29. The topological polar surface area (TPSA) is 35.5 Å². The quantitative estimate of drug-likeness (QED) is 0.772. The van der Waals surface area contributed by atoms with Crippen LogP contribution in [0.2, 0.25) is 0 Å². The molecule has 1 saturated heterocycles. The average Bonchev–Trinajstić information content (AvgIpc) is 2.06. The van der Waals surface area contributed by atoms with E-state index in [-0.39, 0.29) is 31.4 Å². The lowest BCUT2D eigenvalue weighted by Gasteiger charge is -2.27. The maximum Gasteiger partial charge on any atom is 0.0558 e. The molecule has 0 aromatic rings. The van der Waals surface area contributed by atoms with Crippen molar-refractivity contribution in [3.05, 3.63) is 0 Å². The molecule has 2 N–H and O–H groups in total. The number of nitrogens with zero attached hydrogens (tertiary/aromatic N) is 1. The van der Waals surface area contributed by atoms with Crippen LogP contribution in [0, 0.1) is 0 Å². The Hall–Kier alpha value is 0.460.